The van der Waals surface area contributed by atoms with E-state index in [1.54, 1.807) is 11.9 Å². The maximum absolute atomic E-state index is 12.4. The fourth-order valence-electron chi connectivity index (χ4n) is 3.00. The van der Waals surface area contributed by atoms with Gasteiger partial charge in [0.15, 0.2) is 5.82 Å². The summed E-state index contributed by atoms with van der Waals surface area (Å²) in [6.45, 7) is 4.42. The number of rotatable bonds is 8. The van der Waals surface area contributed by atoms with E-state index in [4.69, 9.17) is 4.74 Å². The number of aromatic nitrogens is 3. The monoisotopic (exact) mass is 406 g/mol. The second-order valence-corrected chi connectivity index (χ2v) is 7.38. The lowest BCUT2D eigenvalue weighted by atomic mass is 10.2. The van der Waals surface area contributed by atoms with Crippen LogP contribution in [0, 0.1) is 0 Å². The summed E-state index contributed by atoms with van der Waals surface area (Å²) in [6.07, 6.45) is 0.472. The van der Waals surface area contributed by atoms with Gasteiger partial charge in [0.25, 0.3) is 5.56 Å². The molecule has 0 saturated heterocycles. The number of amides is 1. The second kappa shape index (κ2) is 9.82. The summed E-state index contributed by atoms with van der Waals surface area (Å²) in [7, 11) is 1.75. The lowest BCUT2D eigenvalue weighted by molar-refractivity contribution is -0.130. The van der Waals surface area contributed by atoms with Crippen LogP contribution in [0.4, 0.5) is 0 Å². The van der Waals surface area contributed by atoms with Crippen LogP contribution in [0.5, 0.6) is 5.75 Å². The molecule has 0 radical (unpaired) electrons. The normalized spacial score (nSPS) is 10.8. The maximum Gasteiger partial charge on any atom is 0.273 e. The van der Waals surface area contributed by atoms with Crippen molar-refractivity contribution in [1.82, 2.24) is 20.1 Å². The lowest BCUT2D eigenvalue weighted by Crippen LogP contribution is -2.27. The molecular formula is C23H26N4O3. The molecule has 7 nitrogen and oxygen atoms in total. The maximum atomic E-state index is 12.4. The van der Waals surface area contributed by atoms with Crippen LogP contribution < -0.4 is 10.3 Å². The molecule has 7 heteroatoms. The summed E-state index contributed by atoms with van der Waals surface area (Å²) in [4.78, 5) is 29.2. The number of carbonyl (C=O) groups excluding carboxylic acids is 1. The van der Waals surface area contributed by atoms with Crippen LogP contribution in [0.1, 0.15) is 31.5 Å². The SMILES string of the molecule is CC(C)Oc1cccc(-c2nnc(CCC(=O)N(C)Cc3ccccc3)c(=O)[nH]2)c1. The Kier molecular flexibility index (Phi) is 6.95. The molecule has 0 saturated carbocycles. The molecule has 0 fully saturated rings. The summed E-state index contributed by atoms with van der Waals surface area (Å²) in [5.41, 5.74) is 1.67. The second-order valence-electron chi connectivity index (χ2n) is 7.38. The molecule has 0 spiro atoms. The molecule has 3 rings (SSSR count). The van der Waals surface area contributed by atoms with Gasteiger partial charge in [-0.1, -0.05) is 42.5 Å². The summed E-state index contributed by atoms with van der Waals surface area (Å²) < 4.78 is 5.68. The molecule has 0 bridgehead atoms. The zero-order valence-corrected chi connectivity index (χ0v) is 17.5. The molecule has 0 aliphatic rings. The van der Waals surface area contributed by atoms with E-state index in [9.17, 15) is 9.59 Å². The van der Waals surface area contributed by atoms with Gasteiger partial charge in [0.2, 0.25) is 5.91 Å². The van der Waals surface area contributed by atoms with Crippen molar-refractivity contribution in [3.05, 3.63) is 76.2 Å². The van der Waals surface area contributed by atoms with Crippen LogP contribution in [-0.2, 0) is 17.8 Å². The molecule has 0 atom stereocenters. The molecular weight excluding hydrogens is 380 g/mol. The summed E-state index contributed by atoms with van der Waals surface area (Å²) >= 11 is 0. The molecule has 3 aromatic rings. The Morgan fingerprint density at radius 2 is 1.87 bits per heavy atom. The first-order valence-corrected chi connectivity index (χ1v) is 9.93. The van der Waals surface area contributed by atoms with Gasteiger partial charge in [0.1, 0.15) is 11.4 Å². The Balaban J connectivity index is 1.63. The number of ether oxygens (including phenoxy) is 1. The summed E-state index contributed by atoms with van der Waals surface area (Å²) in [5.74, 6) is 1.01. The van der Waals surface area contributed by atoms with Crippen molar-refractivity contribution in [3.8, 4) is 17.1 Å². The minimum Gasteiger partial charge on any atom is -0.491 e. The smallest absolute Gasteiger partial charge is 0.273 e. The molecule has 0 unspecified atom stereocenters. The third kappa shape index (κ3) is 5.76. The number of aryl methyl sites for hydroxylation is 1. The minimum absolute atomic E-state index is 0.0466. The highest BCUT2D eigenvalue weighted by Gasteiger charge is 2.13. The number of benzene rings is 2. The third-order valence-corrected chi connectivity index (χ3v) is 4.51. The largest absolute Gasteiger partial charge is 0.491 e. The molecule has 1 N–H and O–H groups in total. The van der Waals surface area contributed by atoms with Crippen molar-refractivity contribution in [1.29, 1.82) is 0 Å². The first-order chi connectivity index (χ1) is 14.4. The van der Waals surface area contributed by atoms with Gasteiger partial charge in [0.05, 0.1) is 6.10 Å². The van der Waals surface area contributed by atoms with E-state index in [0.717, 1.165) is 5.56 Å². The number of nitrogens with one attached hydrogen (secondary N) is 1. The van der Waals surface area contributed by atoms with Gasteiger partial charge in [-0.25, -0.2) is 0 Å². The minimum atomic E-state index is -0.339. The van der Waals surface area contributed by atoms with E-state index >= 15 is 0 Å². The van der Waals surface area contributed by atoms with Crippen molar-refractivity contribution in [3.63, 3.8) is 0 Å². The van der Waals surface area contributed by atoms with Gasteiger partial charge in [-0.2, -0.15) is 0 Å². The highest BCUT2D eigenvalue weighted by atomic mass is 16.5. The zero-order valence-electron chi connectivity index (χ0n) is 17.5. The zero-order chi connectivity index (χ0) is 21.5. The van der Waals surface area contributed by atoms with Crippen molar-refractivity contribution < 1.29 is 9.53 Å². The Morgan fingerprint density at radius 1 is 1.10 bits per heavy atom. The van der Waals surface area contributed by atoms with E-state index in [-0.39, 0.29) is 36.1 Å². The molecule has 0 aliphatic heterocycles. The number of H-pyrrole nitrogens is 1. The highest BCUT2D eigenvalue weighted by molar-refractivity contribution is 5.76. The Labute approximate surface area is 175 Å². The van der Waals surface area contributed by atoms with Crippen molar-refractivity contribution in [2.75, 3.05) is 7.05 Å². The number of hydrogen-bond acceptors (Lipinski definition) is 5. The van der Waals surface area contributed by atoms with Crippen LogP contribution in [0.3, 0.4) is 0 Å². The van der Waals surface area contributed by atoms with Gasteiger partial charge in [-0.3, -0.25) is 9.59 Å². The molecule has 0 aliphatic carbocycles. The van der Waals surface area contributed by atoms with Gasteiger partial charge in [0, 0.05) is 32.0 Å². The predicted molar refractivity (Wildman–Crippen MR) is 115 cm³/mol. The first-order valence-electron chi connectivity index (χ1n) is 9.93. The molecule has 1 amide bonds. The average molecular weight is 406 g/mol. The van der Waals surface area contributed by atoms with E-state index in [0.29, 0.717) is 23.7 Å². The van der Waals surface area contributed by atoms with Crippen LogP contribution in [0.25, 0.3) is 11.4 Å². The van der Waals surface area contributed by atoms with E-state index in [2.05, 4.69) is 15.2 Å². The summed E-state index contributed by atoms with van der Waals surface area (Å²) in [6, 6.07) is 17.1. The van der Waals surface area contributed by atoms with Crippen LogP contribution >= 0.6 is 0 Å². The van der Waals surface area contributed by atoms with Crippen LogP contribution in [-0.4, -0.2) is 39.1 Å². The quantitative estimate of drug-likeness (QED) is 0.621. The standard InChI is InChI=1S/C23H26N4O3/c1-16(2)30-19-11-7-10-18(14-19)22-24-23(29)20(25-26-22)12-13-21(28)27(3)15-17-8-5-4-6-9-17/h4-11,14,16H,12-13,15H2,1-3H3,(H,24,26,29). The number of carbonyl (C=O) groups is 1. The number of nitrogens with zero attached hydrogens (tertiary/aromatic N) is 3. The number of hydrogen-bond donors (Lipinski definition) is 1. The van der Waals surface area contributed by atoms with Crippen molar-refractivity contribution in [2.24, 2.45) is 0 Å². The molecule has 156 valence electrons. The fourth-order valence-corrected chi connectivity index (χ4v) is 3.00. The van der Waals surface area contributed by atoms with Gasteiger partial charge < -0.3 is 14.6 Å². The van der Waals surface area contributed by atoms with Crippen LogP contribution in [0.2, 0.25) is 0 Å². The predicted octanol–water partition coefficient (Wildman–Crippen LogP) is 3.21. The van der Waals surface area contributed by atoms with Crippen LogP contribution in [0.15, 0.2) is 59.4 Å². The Morgan fingerprint density at radius 3 is 2.57 bits per heavy atom. The Bertz CT molecular complexity index is 1050. The van der Waals surface area contributed by atoms with E-state index < -0.39 is 0 Å². The van der Waals surface area contributed by atoms with Crippen molar-refractivity contribution >= 4 is 5.91 Å². The Hall–Kier alpha value is -3.48. The lowest BCUT2D eigenvalue weighted by Gasteiger charge is -2.17. The third-order valence-electron chi connectivity index (χ3n) is 4.51. The van der Waals surface area contributed by atoms with Gasteiger partial charge in [-0.15, -0.1) is 10.2 Å². The van der Waals surface area contributed by atoms with E-state index in [1.165, 1.54) is 0 Å². The van der Waals surface area contributed by atoms with Gasteiger partial charge >= 0.3 is 0 Å². The number of aromatic amines is 1. The topological polar surface area (TPSA) is 88.2 Å². The van der Waals surface area contributed by atoms with E-state index in [1.807, 2.05) is 68.4 Å². The molecule has 30 heavy (non-hydrogen) atoms. The average Bonchev–Trinajstić information content (AvgIpc) is 2.73. The first kappa shape index (κ1) is 21.2. The van der Waals surface area contributed by atoms with Gasteiger partial charge in [-0.05, 0) is 31.5 Å². The molecule has 2 aromatic carbocycles. The molecule has 1 aromatic heterocycles. The molecule has 1 heterocycles. The fraction of sp³-hybridized carbons (Fsp3) is 0.304. The summed E-state index contributed by atoms with van der Waals surface area (Å²) in [5, 5.41) is 8.19. The van der Waals surface area contributed by atoms with Crippen molar-refractivity contribution in [2.45, 2.75) is 39.3 Å². The highest BCUT2D eigenvalue weighted by Crippen LogP contribution is 2.20.